The van der Waals surface area contributed by atoms with Crippen molar-refractivity contribution in [2.45, 2.75) is 30.0 Å². The average molecular weight is 639 g/mol. The first kappa shape index (κ1) is 28.2. The molecule has 1 aliphatic rings. The highest BCUT2D eigenvalue weighted by Crippen LogP contribution is 2.45. The summed E-state index contributed by atoms with van der Waals surface area (Å²) in [6, 6.07) is 14.1. The van der Waals surface area contributed by atoms with Crippen LogP contribution >= 0.6 is 46.3 Å². The summed E-state index contributed by atoms with van der Waals surface area (Å²) in [5.74, 6) is -1.78. The molecule has 0 radical (unpaired) electrons. The molecule has 2 aromatic carbocycles. The van der Waals surface area contributed by atoms with Crippen LogP contribution < -0.4 is 4.90 Å². The van der Waals surface area contributed by atoms with Gasteiger partial charge in [-0.1, -0.05) is 70.6 Å². The number of anilines is 1. The Labute approximate surface area is 258 Å². The van der Waals surface area contributed by atoms with Gasteiger partial charge in [-0.15, -0.1) is 10.2 Å². The van der Waals surface area contributed by atoms with E-state index in [9.17, 15) is 19.8 Å². The van der Waals surface area contributed by atoms with Crippen LogP contribution in [-0.2, 0) is 15.3 Å². The molecule has 42 heavy (non-hydrogen) atoms. The third-order valence-electron chi connectivity index (χ3n) is 6.91. The normalized spacial score (nSPS) is 16.6. The highest BCUT2D eigenvalue weighted by Gasteiger charge is 2.49. The molecule has 5 aromatic rings. The Bertz CT molecular complexity index is 1940. The fourth-order valence-corrected chi connectivity index (χ4v) is 7.28. The van der Waals surface area contributed by atoms with Gasteiger partial charge < -0.3 is 14.6 Å². The first-order chi connectivity index (χ1) is 20.1. The third kappa shape index (κ3) is 4.92. The summed E-state index contributed by atoms with van der Waals surface area (Å²) >= 11 is 14.8. The molecule has 0 saturated carbocycles. The average Bonchev–Trinajstić information content (AvgIpc) is 3.63. The second-order valence-electron chi connectivity index (χ2n) is 9.57. The largest absolute Gasteiger partial charge is 0.508 e. The van der Waals surface area contributed by atoms with Gasteiger partial charge in [0.15, 0.2) is 10.1 Å². The predicted octanol–water partition coefficient (Wildman–Crippen LogP) is 6.73. The van der Waals surface area contributed by atoms with E-state index in [0.717, 1.165) is 22.5 Å². The van der Waals surface area contributed by atoms with Crippen LogP contribution in [0.4, 0.5) is 5.13 Å². The molecule has 3 aromatic heterocycles. The molecule has 1 atom stereocenters. The van der Waals surface area contributed by atoms with Crippen LogP contribution in [0.25, 0.3) is 11.4 Å². The van der Waals surface area contributed by atoms with E-state index in [4.69, 9.17) is 23.2 Å². The van der Waals surface area contributed by atoms with Crippen molar-refractivity contribution in [3.05, 3.63) is 104 Å². The van der Waals surface area contributed by atoms with E-state index in [-0.39, 0.29) is 22.1 Å². The molecule has 212 valence electrons. The topological polar surface area (TPSA) is 121 Å². The Morgan fingerprint density at radius 2 is 1.88 bits per heavy atom. The van der Waals surface area contributed by atoms with Crippen LogP contribution in [-0.4, -0.2) is 41.5 Å². The van der Waals surface area contributed by atoms with E-state index in [1.54, 1.807) is 31.2 Å². The number of aromatic hydroxyl groups is 1. The van der Waals surface area contributed by atoms with Gasteiger partial charge in [0.2, 0.25) is 5.13 Å². The van der Waals surface area contributed by atoms with Crippen LogP contribution in [0.2, 0.25) is 10.0 Å². The summed E-state index contributed by atoms with van der Waals surface area (Å²) < 4.78 is 2.35. The molecule has 13 heteroatoms. The Morgan fingerprint density at radius 1 is 1.07 bits per heavy atom. The molecule has 0 bridgehead atoms. The lowest BCUT2D eigenvalue weighted by Crippen LogP contribution is -2.29. The number of aliphatic hydroxyl groups excluding tert-OH is 1. The van der Waals surface area contributed by atoms with E-state index >= 15 is 0 Å². The Balaban J connectivity index is 1.43. The second-order valence-corrected chi connectivity index (χ2v) is 12.6. The minimum atomic E-state index is -1.08. The Kier molecular flexibility index (Phi) is 7.44. The fourth-order valence-electron chi connectivity index (χ4n) is 4.85. The van der Waals surface area contributed by atoms with E-state index in [2.05, 4.69) is 15.2 Å². The number of amides is 1. The lowest BCUT2D eigenvalue weighted by Gasteiger charge is -2.22. The van der Waals surface area contributed by atoms with Crippen LogP contribution in [0.1, 0.15) is 34.1 Å². The maximum Gasteiger partial charge on any atom is 0.301 e. The fraction of sp³-hybridized carbons (Fsp3) is 0.138. The zero-order chi connectivity index (χ0) is 29.7. The highest BCUT2D eigenvalue weighted by atomic mass is 35.5. The number of aromatic nitrogens is 4. The SMILES string of the molecule is Cc1cccn2c(C)c(/C(O)=C3\C(=O)C(=O)N(c4nnc(SCc5ccc(Cl)cc5Cl)s4)C3c3cccc(O)c3)nc12. The molecule has 1 unspecified atom stereocenters. The van der Waals surface area contributed by atoms with Gasteiger partial charge >= 0.3 is 5.91 Å². The summed E-state index contributed by atoms with van der Waals surface area (Å²) in [6.07, 6.45) is 1.81. The number of thioether (sulfide) groups is 1. The van der Waals surface area contributed by atoms with Gasteiger partial charge in [-0.05, 0) is 60.9 Å². The van der Waals surface area contributed by atoms with Gasteiger partial charge in [-0.25, -0.2) is 4.98 Å². The number of phenolic OH excluding ortho intramolecular Hbond substituents is 1. The smallest absolute Gasteiger partial charge is 0.301 e. The zero-order valence-corrected chi connectivity index (χ0v) is 25.2. The lowest BCUT2D eigenvalue weighted by molar-refractivity contribution is -0.132. The predicted molar refractivity (Wildman–Crippen MR) is 163 cm³/mol. The quantitative estimate of drug-likeness (QED) is 0.0691. The molecular formula is C29H21Cl2N5O4S2. The van der Waals surface area contributed by atoms with E-state index in [0.29, 0.717) is 37.0 Å². The summed E-state index contributed by atoms with van der Waals surface area (Å²) in [4.78, 5) is 32.9. The van der Waals surface area contributed by atoms with Crippen molar-refractivity contribution in [2.75, 3.05) is 4.90 Å². The second kappa shape index (κ2) is 11.1. The van der Waals surface area contributed by atoms with Crippen molar-refractivity contribution < 1.29 is 19.8 Å². The Morgan fingerprint density at radius 3 is 2.62 bits per heavy atom. The van der Waals surface area contributed by atoms with Gasteiger partial charge in [0.05, 0.1) is 17.3 Å². The number of phenols is 1. The number of aryl methyl sites for hydroxylation is 2. The lowest BCUT2D eigenvalue weighted by atomic mass is 9.96. The minimum Gasteiger partial charge on any atom is -0.508 e. The molecular weight excluding hydrogens is 617 g/mol. The molecule has 4 heterocycles. The third-order valence-corrected chi connectivity index (χ3v) is 9.60. The van der Waals surface area contributed by atoms with Crippen molar-refractivity contribution in [2.24, 2.45) is 0 Å². The van der Waals surface area contributed by atoms with Crippen molar-refractivity contribution in [1.29, 1.82) is 0 Å². The Hall–Kier alpha value is -3.90. The van der Waals surface area contributed by atoms with Crippen LogP contribution in [0.3, 0.4) is 0 Å². The summed E-state index contributed by atoms with van der Waals surface area (Å²) in [5, 5.41) is 31.5. The van der Waals surface area contributed by atoms with Gasteiger partial charge in [-0.3, -0.25) is 14.5 Å². The maximum absolute atomic E-state index is 13.6. The number of aliphatic hydroxyl groups is 1. The van der Waals surface area contributed by atoms with Crippen molar-refractivity contribution >= 4 is 74.5 Å². The number of Topliss-reactive ketones (excluding diaryl/α,β-unsaturated/α-hetero) is 1. The zero-order valence-electron chi connectivity index (χ0n) is 22.1. The van der Waals surface area contributed by atoms with Crippen LogP contribution in [0.15, 0.2) is 70.7 Å². The van der Waals surface area contributed by atoms with Gasteiger partial charge in [0.25, 0.3) is 5.78 Å². The molecule has 1 aliphatic heterocycles. The molecule has 0 aliphatic carbocycles. The van der Waals surface area contributed by atoms with Gasteiger partial charge in [0.1, 0.15) is 17.1 Å². The number of carbonyl (C=O) groups excluding carboxylic acids is 2. The summed E-state index contributed by atoms with van der Waals surface area (Å²) in [6.45, 7) is 3.67. The van der Waals surface area contributed by atoms with E-state index in [1.165, 1.54) is 28.8 Å². The number of hydrogen-bond acceptors (Lipinski definition) is 9. The number of hydrogen-bond donors (Lipinski definition) is 2. The number of benzene rings is 2. The maximum atomic E-state index is 13.6. The van der Waals surface area contributed by atoms with Crippen LogP contribution in [0, 0.1) is 13.8 Å². The molecule has 0 spiro atoms. The number of ketones is 1. The number of carbonyl (C=O) groups is 2. The van der Waals surface area contributed by atoms with Gasteiger partial charge in [-0.2, -0.15) is 0 Å². The highest BCUT2D eigenvalue weighted by molar-refractivity contribution is 8.00. The molecule has 1 fully saturated rings. The first-order valence-corrected chi connectivity index (χ1v) is 15.1. The first-order valence-electron chi connectivity index (χ1n) is 12.6. The van der Waals surface area contributed by atoms with Crippen LogP contribution in [0.5, 0.6) is 5.75 Å². The molecule has 1 amide bonds. The van der Waals surface area contributed by atoms with Crippen molar-refractivity contribution in [3.8, 4) is 5.75 Å². The number of imidazole rings is 1. The summed E-state index contributed by atoms with van der Waals surface area (Å²) in [5.41, 5.74) is 3.37. The number of pyridine rings is 1. The van der Waals surface area contributed by atoms with Crippen molar-refractivity contribution in [3.63, 3.8) is 0 Å². The monoisotopic (exact) mass is 637 g/mol. The van der Waals surface area contributed by atoms with Crippen molar-refractivity contribution in [1.82, 2.24) is 19.6 Å². The number of halogens is 2. The number of rotatable bonds is 6. The molecule has 6 rings (SSSR count). The number of fused-ring (bicyclic) bond motifs is 1. The molecule has 1 saturated heterocycles. The molecule has 2 N–H and O–H groups in total. The molecule has 9 nitrogen and oxygen atoms in total. The summed E-state index contributed by atoms with van der Waals surface area (Å²) in [7, 11) is 0. The minimum absolute atomic E-state index is 0.0639. The number of nitrogens with zero attached hydrogens (tertiary/aromatic N) is 5. The van der Waals surface area contributed by atoms with E-state index in [1.807, 2.05) is 35.7 Å². The van der Waals surface area contributed by atoms with Gasteiger partial charge in [0, 0.05) is 22.0 Å². The van der Waals surface area contributed by atoms with E-state index < -0.39 is 23.5 Å². The standard InChI is InChI=1S/C29H21Cl2N5O4S2/c1-14-5-4-10-35-15(2)22(32-26(14)35)24(38)21-23(16-6-3-7-19(37)11-16)36(27(40)25(21)39)28-33-34-29(42-28)41-13-17-8-9-18(30)12-20(17)31/h3-12,23,37-38H,13H2,1-2H3/b24-21+.